The number of hydrogen-bond donors (Lipinski definition) is 3. The van der Waals surface area contributed by atoms with Gasteiger partial charge in [0.25, 0.3) is 0 Å². The third kappa shape index (κ3) is 11.9. The molecule has 0 aliphatic rings. The van der Waals surface area contributed by atoms with Crippen molar-refractivity contribution >= 4 is 18.0 Å². The Balaban J connectivity index is 1.49. The summed E-state index contributed by atoms with van der Waals surface area (Å²) in [5.74, 6) is -0.656. The molecular formula is C34H41NO5. The Labute approximate surface area is 237 Å². The van der Waals surface area contributed by atoms with E-state index in [1.54, 1.807) is 12.1 Å². The number of rotatable bonds is 19. The summed E-state index contributed by atoms with van der Waals surface area (Å²) in [6.07, 6.45) is 10.7. The molecule has 0 saturated carbocycles. The molecule has 212 valence electrons. The van der Waals surface area contributed by atoms with E-state index in [0.717, 1.165) is 68.5 Å². The molecule has 6 nitrogen and oxygen atoms in total. The molecule has 0 fully saturated rings. The lowest BCUT2D eigenvalue weighted by Crippen LogP contribution is -2.14. The van der Waals surface area contributed by atoms with Crippen LogP contribution in [-0.2, 0) is 17.8 Å². The molecular weight excluding hydrogens is 502 g/mol. The molecule has 0 radical (unpaired) electrons. The number of benzene rings is 3. The maximum Gasteiger partial charge on any atom is 0.335 e. The van der Waals surface area contributed by atoms with Gasteiger partial charge in [0.15, 0.2) is 0 Å². The minimum Gasteiger partial charge on any atom is -0.493 e. The molecule has 6 heteroatoms. The summed E-state index contributed by atoms with van der Waals surface area (Å²) in [7, 11) is 0. The Kier molecular flexibility index (Phi) is 13.5. The van der Waals surface area contributed by atoms with Crippen LogP contribution < -0.4 is 10.1 Å². The number of aliphatic carboxylic acids is 1. The van der Waals surface area contributed by atoms with Crippen LogP contribution in [0.25, 0.3) is 6.08 Å². The minimum absolute atomic E-state index is 0.170. The second-order valence-corrected chi connectivity index (χ2v) is 10.1. The first-order chi connectivity index (χ1) is 19.5. The summed E-state index contributed by atoms with van der Waals surface area (Å²) >= 11 is 0. The van der Waals surface area contributed by atoms with Gasteiger partial charge >= 0.3 is 11.9 Å². The highest BCUT2D eigenvalue weighted by Gasteiger charge is 2.10. The molecule has 0 aliphatic carbocycles. The Bertz CT molecular complexity index is 1190. The normalized spacial score (nSPS) is 11.9. The lowest BCUT2D eigenvalue weighted by Gasteiger charge is -2.14. The fourth-order valence-electron chi connectivity index (χ4n) is 4.56. The summed E-state index contributed by atoms with van der Waals surface area (Å²) < 4.78 is 6.13. The van der Waals surface area contributed by atoms with Crippen molar-refractivity contribution in [2.45, 2.75) is 57.9 Å². The molecule has 0 amide bonds. The number of allylic oxidation sites excluding steroid dienone is 1. The smallest absolute Gasteiger partial charge is 0.335 e. The van der Waals surface area contributed by atoms with Gasteiger partial charge in [0, 0.05) is 18.5 Å². The highest BCUT2D eigenvalue weighted by atomic mass is 16.5. The molecule has 1 atom stereocenters. The van der Waals surface area contributed by atoms with E-state index in [1.165, 1.54) is 5.56 Å². The van der Waals surface area contributed by atoms with E-state index >= 15 is 0 Å². The monoisotopic (exact) mass is 543 g/mol. The lowest BCUT2D eigenvalue weighted by atomic mass is 9.92. The first kappa shape index (κ1) is 30.6. The van der Waals surface area contributed by atoms with Gasteiger partial charge in [0.05, 0.1) is 12.2 Å². The van der Waals surface area contributed by atoms with Crippen molar-refractivity contribution in [3.05, 3.63) is 107 Å². The quantitative estimate of drug-likeness (QED) is 0.138. The molecule has 1 unspecified atom stereocenters. The van der Waals surface area contributed by atoms with Crippen LogP contribution in [0.1, 0.15) is 72.0 Å². The number of hydrogen-bond acceptors (Lipinski definition) is 4. The SMILES string of the molecule is O=C(O)CCCCC(/C=C/c1ccccc1OCCCCCNCc1ccccc1)Cc1ccc(C(=O)O)cc1. The van der Waals surface area contributed by atoms with Gasteiger partial charge in [0.1, 0.15) is 5.75 Å². The van der Waals surface area contributed by atoms with Crippen LogP contribution >= 0.6 is 0 Å². The molecule has 3 aromatic rings. The zero-order valence-corrected chi connectivity index (χ0v) is 23.1. The number of carboxylic acids is 2. The molecule has 0 aliphatic heterocycles. The van der Waals surface area contributed by atoms with Gasteiger partial charge in [-0.1, -0.05) is 79.2 Å². The van der Waals surface area contributed by atoms with Crippen LogP contribution in [0.4, 0.5) is 0 Å². The van der Waals surface area contributed by atoms with Crippen molar-refractivity contribution in [3.63, 3.8) is 0 Å². The minimum atomic E-state index is -0.937. The van der Waals surface area contributed by atoms with Gasteiger partial charge in [-0.3, -0.25) is 4.79 Å². The summed E-state index contributed by atoms with van der Waals surface area (Å²) in [4.78, 5) is 22.1. The van der Waals surface area contributed by atoms with Gasteiger partial charge < -0.3 is 20.3 Å². The maximum absolute atomic E-state index is 11.2. The molecule has 0 spiro atoms. The number of aromatic carboxylic acids is 1. The number of para-hydroxylation sites is 1. The topological polar surface area (TPSA) is 95.9 Å². The lowest BCUT2D eigenvalue weighted by molar-refractivity contribution is -0.137. The zero-order valence-electron chi connectivity index (χ0n) is 23.1. The third-order valence-electron chi connectivity index (χ3n) is 6.81. The summed E-state index contributed by atoms with van der Waals surface area (Å²) in [5.41, 5.74) is 3.64. The largest absolute Gasteiger partial charge is 0.493 e. The van der Waals surface area contributed by atoms with Gasteiger partial charge in [-0.05, 0) is 80.3 Å². The van der Waals surface area contributed by atoms with Crippen molar-refractivity contribution in [3.8, 4) is 5.75 Å². The van der Waals surface area contributed by atoms with Crippen LogP contribution in [0.3, 0.4) is 0 Å². The fourth-order valence-corrected chi connectivity index (χ4v) is 4.56. The summed E-state index contributed by atoms with van der Waals surface area (Å²) in [6, 6.07) is 25.4. The molecule has 0 saturated heterocycles. The molecule has 3 N–H and O–H groups in total. The molecule has 0 aromatic heterocycles. The maximum atomic E-state index is 11.2. The third-order valence-corrected chi connectivity index (χ3v) is 6.81. The molecule has 3 aromatic carbocycles. The van der Waals surface area contributed by atoms with Crippen molar-refractivity contribution in [2.75, 3.05) is 13.2 Å². The summed E-state index contributed by atoms with van der Waals surface area (Å²) in [6.45, 7) is 2.55. The van der Waals surface area contributed by atoms with E-state index in [9.17, 15) is 14.7 Å². The van der Waals surface area contributed by atoms with Crippen LogP contribution in [0, 0.1) is 5.92 Å². The van der Waals surface area contributed by atoms with Gasteiger partial charge in [0.2, 0.25) is 0 Å². The van der Waals surface area contributed by atoms with E-state index in [0.29, 0.717) is 13.0 Å². The van der Waals surface area contributed by atoms with Crippen molar-refractivity contribution in [1.29, 1.82) is 0 Å². The van der Waals surface area contributed by atoms with Crippen LogP contribution in [0.2, 0.25) is 0 Å². The van der Waals surface area contributed by atoms with Gasteiger partial charge in [-0.25, -0.2) is 4.79 Å². The number of carbonyl (C=O) groups is 2. The van der Waals surface area contributed by atoms with Gasteiger partial charge in [-0.2, -0.15) is 0 Å². The van der Waals surface area contributed by atoms with E-state index < -0.39 is 11.9 Å². The Morgan fingerprint density at radius 3 is 2.30 bits per heavy atom. The molecule has 0 bridgehead atoms. The van der Waals surface area contributed by atoms with E-state index in [1.807, 2.05) is 42.5 Å². The zero-order chi connectivity index (χ0) is 28.4. The number of carboxylic acid groups (broad SMARTS) is 2. The van der Waals surface area contributed by atoms with E-state index in [-0.39, 0.29) is 17.9 Å². The summed E-state index contributed by atoms with van der Waals surface area (Å²) in [5, 5.41) is 21.6. The van der Waals surface area contributed by atoms with Crippen LogP contribution in [-0.4, -0.2) is 35.3 Å². The number of unbranched alkanes of at least 4 members (excludes halogenated alkanes) is 3. The second kappa shape index (κ2) is 17.6. The molecule has 0 heterocycles. The van der Waals surface area contributed by atoms with Crippen LogP contribution in [0.15, 0.2) is 84.9 Å². The van der Waals surface area contributed by atoms with Crippen molar-refractivity contribution in [2.24, 2.45) is 5.92 Å². The number of nitrogens with one attached hydrogen (secondary N) is 1. The predicted molar refractivity (Wildman–Crippen MR) is 160 cm³/mol. The van der Waals surface area contributed by atoms with Crippen molar-refractivity contribution in [1.82, 2.24) is 5.32 Å². The Hall–Kier alpha value is -3.90. The second-order valence-electron chi connectivity index (χ2n) is 10.1. The average Bonchev–Trinajstić information content (AvgIpc) is 2.96. The number of ether oxygens (including phenoxy) is 1. The highest BCUT2D eigenvalue weighted by molar-refractivity contribution is 5.87. The Morgan fingerprint density at radius 1 is 0.800 bits per heavy atom. The standard InChI is InChI=1S/C34H41NO5/c36-33(37)16-8-5-11-27(25-28-18-21-31(22-19-28)34(38)39)17-20-30-14-6-7-15-32(30)40-24-10-2-9-23-35-26-29-12-3-1-4-13-29/h1,3-4,6-7,12-15,17-22,27,35H,2,5,8-11,16,23-26H2,(H,36,37)(H,38,39)/b20-17+. The molecule has 3 rings (SSSR count). The van der Waals surface area contributed by atoms with Crippen LogP contribution in [0.5, 0.6) is 5.75 Å². The highest BCUT2D eigenvalue weighted by Crippen LogP contribution is 2.24. The van der Waals surface area contributed by atoms with Gasteiger partial charge in [-0.15, -0.1) is 0 Å². The average molecular weight is 544 g/mol. The first-order valence-electron chi connectivity index (χ1n) is 14.2. The fraction of sp³-hybridized carbons (Fsp3) is 0.353. The predicted octanol–water partition coefficient (Wildman–Crippen LogP) is 7.24. The van der Waals surface area contributed by atoms with Crippen molar-refractivity contribution < 1.29 is 24.5 Å². The van der Waals surface area contributed by atoms with E-state index in [2.05, 4.69) is 41.7 Å². The molecule has 40 heavy (non-hydrogen) atoms. The van der Waals surface area contributed by atoms with E-state index in [4.69, 9.17) is 9.84 Å². The Morgan fingerprint density at radius 2 is 1.55 bits per heavy atom. The first-order valence-corrected chi connectivity index (χ1v) is 14.2.